The maximum absolute atomic E-state index is 12.8. The Morgan fingerprint density at radius 1 is 1.07 bits per heavy atom. The van der Waals surface area contributed by atoms with E-state index in [-0.39, 0.29) is 17.7 Å². The Balaban J connectivity index is 1.59. The monoisotopic (exact) mass is 393 g/mol. The second-order valence-corrected chi connectivity index (χ2v) is 8.18. The van der Waals surface area contributed by atoms with Crippen LogP contribution in [0, 0.1) is 12.8 Å². The van der Waals surface area contributed by atoms with Gasteiger partial charge in [0.1, 0.15) is 0 Å². The van der Waals surface area contributed by atoms with Crippen LogP contribution >= 0.6 is 0 Å². The maximum Gasteiger partial charge on any atom is 0.253 e. The van der Waals surface area contributed by atoms with Gasteiger partial charge in [-0.05, 0) is 57.1 Å². The third-order valence-corrected chi connectivity index (χ3v) is 5.44. The highest BCUT2D eigenvalue weighted by Gasteiger charge is 2.28. The minimum Gasteiger partial charge on any atom is -0.352 e. The third kappa shape index (κ3) is 5.67. The van der Waals surface area contributed by atoms with Crippen LogP contribution in [0.3, 0.4) is 0 Å². The van der Waals surface area contributed by atoms with Gasteiger partial charge in [-0.2, -0.15) is 0 Å². The fourth-order valence-electron chi connectivity index (χ4n) is 3.81. The summed E-state index contributed by atoms with van der Waals surface area (Å²) in [5.41, 5.74) is 4.18. The number of benzene rings is 2. The molecule has 5 heteroatoms. The van der Waals surface area contributed by atoms with Gasteiger partial charge in [-0.1, -0.05) is 42.0 Å². The van der Waals surface area contributed by atoms with Crippen LogP contribution in [0.25, 0.3) is 0 Å². The highest BCUT2D eigenvalue weighted by atomic mass is 16.2. The average molecular weight is 394 g/mol. The highest BCUT2D eigenvalue weighted by Crippen LogP contribution is 2.20. The Morgan fingerprint density at radius 2 is 1.76 bits per heavy atom. The van der Waals surface area contributed by atoms with Gasteiger partial charge >= 0.3 is 0 Å². The summed E-state index contributed by atoms with van der Waals surface area (Å²) < 4.78 is 0. The molecule has 1 unspecified atom stereocenters. The molecule has 29 heavy (non-hydrogen) atoms. The molecule has 1 aliphatic heterocycles. The van der Waals surface area contributed by atoms with Crippen molar-refractivity contribution in [2.24, 2.45) is 5.92 Å². The molecule has 154 valence electrons. The van der Waals surface area contributed by atoms with Crippen molar-refractivity contribution < 1.29 is 9.59 Å². The lowest BCUT2D eigenvalue weighted by molar-refractivity contribution is -0.126. The van der Waals surface area contributed by atoms with Crippen LogP contribution in [0.4, 0.5) is 0 Å². The predicted octanol–water partition coefficient (Wildman–Crippen LogP) is 3.23. The number of amides is 2. The standard InChI is InChI=1S/C24H31N3O2/c1-18-10-12-19(13-11-18)24(29)27-14-6-9-22(17-27)23(28)25-15-20-7-4-5-8-21(20)16-26(2)3/h4-5,7-8,10-13,22H,6,9,14-17H2,1-3H3,(H,25,28). The van der Waals surface area contributed by atoms with Crippen LogP contribution in [0.5, 0.6) is 0 Å². The first kappa shape index (κ1) is 21.1. The van der Waals surface area contributed by atoms with E-state index in [1.807, 2.05) is 62.3 Å². The van der Waals surface area contributed by atoms with Crippen LogP contribution in [-0.2, 0) is 17.9 Å². The van der Waals surface area contributed by atoms with E-state index in [1.54, 1.807) is 0 Å². The number of piperidine rings is 1. The van der Waals surface area contributed by atoms with E-state index < -0.39 is 0 Å². The summed E-state index contributed by atoms with van der Waals surface area (Å²) in [5.74, 6) is -0.107. The Hall–Kier alpha value is -2.66. The molecule has 1 atom stereocenters. The number of carbonyl (C=O) groups excluding carboxylic acids is 2. The van der Waals surface area contributed by atoms with E-state index in [0.29, 0.717) is 25.2 Å². The Kier molecular flexibility index (Phi) is 7.04. The molecule has 1 heterocycles. The lowest BCUT2D eigenvalue weighted by Crippen LogP contribution is -2.45. The molecule has 0 aliphatic carbocycles. The molecule has 0 bridgehead atoms. The van der Waals surface area contributed by atoms with Gasteiger partial charge in [-0.15, -0.1) is 0 Å². The van der Waals surface area contributed by atoms with Crippen LogP contribution < -0.4 is 5.32 Å². The molecular weight excluding hydrogens is 362 g/mol. The maximum atomic E-state index is 12.8. The first-order chi connectivity index (χ1) is 13.9. The van der Waals surface area contributed by atoms with Crippen LogP contribution in [0.1, 0.15) is 39.9 Å². The number of rotatable bonds is 6. The topological polar surface area (TPSA) is 52.7 Å². The molecule has 3 rings (SSSR count). The van der Waals surface area contributed by atoms with E-state index in [9.17, 15) is 9.59 Å². The number of likely N-dealkylation sites (tertiary alicyclic amines) is 1. The lowest BCUT2D eigenvalue weighted by atomic mass is 9.96. The largest absolute Gasteiger partial charge is 0.352 e. The molecule has 2 aromatic rings. The Morgan fingerprint density at radius 3 is 2.45 bits per heavy atom. The van der Waals surface area contributed by atoms with Crippen molar-refractivity contribution in [1.29, 1.82) is 0 Å². The molecule has 0 spiro atoms. The minimum absolute atomic E-state index is 0.0128. The van der Waals surface area contributed by atoms with E-state index in [2.05, 4.69) is 22.3 Å². The van der Waals surface area contributed by atoms with Crippen molar-refractivity contribution in [3.63, 3.8) is 0 Å². The van der Waals surface area contributed by atoms with Gasteiger partial charge in [0.05, 0.1) is 5.92 Å². The summed E-state index contributed by atoms with van der Waals surface area (Å²) in [6, 6.07) is 15.8. The summed E-state index contributed by atoms with van der Waals surface area (Å²) in [6.07, 6.45) is 1.68. The molecule has 0 saturated carbocycles. The highest BCUT2D eigenvalue weighted by molar-refractivity contribution is 5.94. The summed E-state index contributed by atoms with van der Waals surface area (Å²) in [4.78, 5) is 29.5. The van der Waals surface area contributed by atoms with Crippen molar-refractivity contribution in [3.05, 3.63) is 70.8 Å². The van der Waals surface area contributed by atoms with Gasteiger partial charge in [0, 0.05) is 31.7 Å². The number of carbonyl (C=O) groups is 2. The molecule has 0 radical (unpaired) electrons. The van der Waals surface area contributed by atoms with Crippen molar-refractivity contribution in [1.82, 2.24) is 15.1 Å². The number of aryl methyl sites for hydroxylation is 1. The SMILES string of the molecule is Cc1ccc(C(=O)N2CCCC(C(=O)NCc3ccccc3CN(C)C)C2)cc1. The first-order valence-electron chi connectivity index (χ1n) is 10.3. The normalized spacial score (nSPS) is 16.7. The Bertz CT molecular complexity index is 845. The zero-order valence-corrected chi connectivity index (χ0v) is 17.6. The van der Waals surface area contributed by atoms with E-state index in [0.717, 1.165) is 30.5 Å². The summed E-state index contributed by atoms with van der Waals surface area (Å²) in [5, 5.41) is 3.09. The summed E-state index contributed by atoms with van der Waals surface area (Å²) >= 11 is 0. The molecule has 5 nitrogen and oxygen atoms in total. The zero-order chi connectivity index (χ0) is 20.8. The van der Waals surface area contributed by atoms with Crippen molar-refractivity contribution in [3.8, 4) is 0 Å². The second-order valence-electron chi connectivity index (χ2n) is 8.18. The third-order valence-electron chi connectivity index (χ3n) is 5.44. The Labute approximate surface area is 173 Å². The smallest absolute Gasteiger partial charge is 0.253 e. The molecular formula is C24H31N3O2. The second kappa shape index (κ2) is 9.70. The van der Waals surface area contributed by atoms with Crippen molar-refractivity contribution >= 4 is 11.8 Å². The molecule has 2 aromatic carbocycles. The summed E-state index contributed by atoms with van der Waals surface area (Å²) in [7, 11) is 4.08. The number of hydrogen-bond acceptors (Lipinski definition) is 3. The fraction of sp³-hybridized carbons (Fsp3) is 0.417. The minimum atomic E-state index is -0.154. The van der Waals surface area contributed by atoms with Gasteiger partial charge in [0.25, 0.3) is 5.91 Å². The van der Waals surface area contributed by atoms with E-state index >= 15 is 0 Å². The molecule has 1 saturated heterocycles. The number of nitrogens with zero attached hydrogens (tertiary/aromatic N) is 2. The zero-order valence-electron chi connectivity index (χ0n) is 17.6. The molecule has 1 N–H and O–H groups in total. The summed E-state index contributed by atoms with van der Waals surface area (Å²) in [6.45, 7) is 4.56. The molecule has 2 amide bonds. The van der Waals surface area contributed by atoms with Gasteiger partial charge in [-0.25, -0.2) is 0 Å². The van der Waals surface area contributed by atoms with E-state index in [4.69, 9.17) is 0 Å². The number of nitrogens with one attached hydrogen (secondary N) is 1. The molecule has 1 aliphatic rings. The van der Waals surface area contributed by atoms with Crippen LogP contribution in [-0.4, -0.2) is 48.8 Å². The predicted molar refractivity (Wildman–Crippen MR) is 115 cm³/mol. The van der Waals surface area contributed by atoms with Crippen molar-refractivity contribution in [2.45, 2.75) is 32.9 Å². The number of hydrogen-bond donors (Lipinski definition) is 1. The lowest BCUT2D eigenvalue weighted by Gasteiger charge is -2.32. The van der Waals surface area contributed by atoms with Crippen molar-refractivity contribution in [2.75, 3.05) is 27.2 Å². The van der Waals surface area contributed by atoms with E-state index in [1.165, 1.54) is 5.56 Å². The van der Waals surface area contributed by atoms with Crippen LogP contribution in [0.2, 0.25) is 0 Å². The molecule has 0 aromatic heterocycles. The first-order valence-corrected chi connectivity index (χ1v) is 10.3. The average Bonchev–Trinajstić information content (AvgIpc) is 2.72. The van der Waals surface area contributed by atoms with Gasteiger partial charge < -0.3 is 15.1 Å². The quantitative estimate of drug-likeness (QED) is 0.820. The van der Waals surface area contributed by atoms with Gasteiger partial charge in [0.2, 0.25) is 5.91 Å². The molecule has 1 fully saturated rings. The van der Waals surface area contributed by atoms with Gasteiger partial charge in [0.15, 0.2) is 0 Å². The fourth-order valence-corrected chi connectivity index (χ4v) is 3.81. The van der Waals surface area contributed by atoms with Crippen LogP contribution in [0.15, 0.2) is 48.5 Å². The van der Waals surface area contributed by atoms with Gasteiger partial charge in [-0.3, -0.25) is 9.59 Å².